The molecular formula is C20H23F3N2O. The van der Waals surface area contributed by atoms with Gasteiger partial charge in [-0.2, -0.15) is 18.2 Å². The van der Waals surface area contributed by atoms with Crippen LogP contribution >= 0.6 is 0 Å². The van der Waals surface area contributed by atoms with Crippen molar-refractivity contribution in [2.75, 3.05) is 0 Å². The van der Waals surface area contributed by atoms with Crippen molar-refractivity contribution >= 4 is 16.7 Å². The normalized spacial score (nSPS) is 19.2. The maximum atomic E-state index is 13.9. The molecule has 3 nitrogen and oxygen atoms in total. The Morgan fingerprint density at radius 3 is 2.04 bits per heavy atom. The van der Waals surface area contributed by atoms with Crippen molar-refractivity contribution in [3.8, 4) is 0 Å². The summed E-state index contributed by atoms with van der Waals surface area (Å²) in [5.41, 5.74) is 2.74. The van der Waals surface area contributed by atoms with Gasteiger partial charge in [0.2, 0.25) is 5.91 Å². The number of carbonyl (C=O) groups is 1. The van der Waals surface area contributed by atoms with Crippen LogP contribution in [0.4, 0.5) is 13.2 Å². The first-order valence-corrected chi connectivity index (χ1v) is 8.68. The Hall–Kier alpha value is -2.08. The maximum Gasteiger partial charge on any atom is 0.409 e. The molecule has 0 bridgehead atoms. The molecule has 0 saturated carbocycles. The summed E-state index contributed by atoms with van der Waals surface area (Å²) in [5.74, 6) is -0.0470. The molecule has 0 radical (unpaired) electrons. The Bertz CT molecular complexity index is 843. The molecule has 1 saturated heterocycles. The third-order valence-corrected chi connectivity index (χ3v) is 4.93. The summed E-state index contributed by atoms with van der Waals surface area (Å²) in [7, 11) is 0. The van der Waals surface area contributed by atoms with Crippen molar-refractivity contribution < 1.29 is 18.0 Å². The SMILES string of the molecule is CC(C)c1ccc2cc(C(N3NC(=O)CC3(C)C)C(F)(F)F)ccc2c1. The van der Waals surface area contributed by atoms with Crippen molar-refractivity contribution in [3.63, 3.8) is 0 Å². The second kappa shape index (κ2) is 6.27. The number of rotatable bonds is 3. The molecule has 2 aromatic carbocycles. The Morgan fingerprint density at radius 1 is 1.04 bits per heavy atom. The minimum Gasteiger partial charge on any atom is -0.287 e. The molecule has 1 unspecified atom stereocenters. The van der Waals surface area contributed by atoms with Crippen LogP contribution in [-0.2, 0) is 4.79 Å². The highest BCUT2D eigenvalue weighted by Crippen LogP contribution is 2.43. The summed E-state index contributed by atoms with van der Waals surface area (Å²) in [6.45, 7) is 7.43. The van der Waals surface area contributed by atoms with E-state index in [-0.39, 0.29) is 12.0 Å². The van der Waals surface area contributed by atoms with Gasteiger partial charge >= 0.3 is 6.18 Å². The largest absolute Gasteiger partial charge is 0.409 e. The molecule has 1 aliphatic rings. The van der Waals surface area contributed by atoms with Gasteiger partial charge in [0.05, 0.1) is 0 Å². The van der Waals surface area contributed by atoms with E-state index < -0.39 is 23.7 Å². The number of carbonyl (C=O) groups excluding carboxylic acids is 1. The molecule has 26 heavy (non-hydrogen) atoms. The number of hydrogen-bond donors (Lipinski definition) is 1. The molecule has 1 N–H and O–H groups in total. The average molecular weight is 364 g/mol. The standard InChI is InChI=1S/C20H23F3N2O/c1-12(2)13-5-6-15-10-16(8-7-14(15)9-13)18(20(21,22)23)25-19(3,4)11-17(26)24-25/h5-10,12,18H,11H2,1-4H3,(H,24,26). The van der Waals surface area contributed by atoms with Crippen molar-refractivity contribution in [2.45, 2.75) is 57.8 Å². The minimum atomic E-state index is -4.51. The van der Waals surface area contributed by atoms with Crippen LogP contribution in [0.1, 0.15) is 57.2 Å². The van der Waals surface area contributed by atoms with E-state index in [9.17, 15) is 18.0 Å². The molecular weight excluding hydrogens is 341 g/mol. The van der Waals surface area contributed by atoms with Gasteiger partial charge in [-0.25, -0.2) is 0 Å². The number of nitrogens with zero attached hydrogens (tertiary/aromatic N) is 1. The molecule has 140 valence electrons. The number of fused-ring (bicyclic) bond motifs is 1. The first-order chi connectivity index (χ1) is 12.0. The molecule has 2 aromatic rings. The van der Waals surface area contributed by atoms with E-state index in [4.69, 9.17) is 0 Å². The van der Waals surface area contributed by atoms with E-state index >= 15 is 0 Å². The van der Waals surface area contributed by atoms with Crippen LogP contribution in [0.2, 0.25) is 0 Å². The molecule has 1 fully saturated rings. The molecule has 0 aromatic heterocycles. The van der Waals surface area contributed by atoms with Gasteiger partial charge in [-0.05, 0) is 47.7 Å². The third kappa shape index (κ3) is 3.43. The van der Waals surface area contributed by atoms with Crippen LogP contribution in [0.3, 0.4) is 0 Å². The highest BCUT2D eigenvalue weighted by atomic mass is 19.4. The Labute approximate surface area is 151 Å². The van der Waals surface area contributed by atoms with Crippen LogP contribution < -0.4 is 5.43 Å². The molecule has 3 rings (SSSR count). The lowest BCUT2D eigenvalue weighted by Crippen LogP contribution is -2.51. The summed E-state index contributed by atoms with van der Waals surface area (Å²) in [4.78, 5) is 11.7. The van der Waals surface area contributed by atoms with Crippen LogP contribution in [-0.4, -0.2) is 22.6 Å². The monoisotopic (exact) mass is 364 g/mol. The van der Waals surface area contributed by atoms with Gasteiger partial charge in [-0.1, -0.05) is 44.2 Å². The van der Waals surface area contributed by atoms with E-state index in [0.717, 1.165) is 21.3 Å². The van der Waals surface area contributed by atoms with Crippen LogP contribution in [0, 0.1) is 0 Å². The number of hydrogen-bond acceptors (Lipinski definition) is 2. The van der Waals surface area contributed by atoms with E-state index in [1.165, 1.54) is 6.07 Å². The summed E-state index contributed by atoms with van der Waals surface area (Å²) in [6, 6.07) is 8.71. The quantitative estimate of drug-likeness (QED) is 0.823. The molecule has 6 heteroatoms. The van der Waals surface area contributed by atoms with Gasteiger partial charge in [0.15, 0.2) is 6.04 Å². The lowest BCUT2D eigenvalue weighted by atomic mass is 9.94. The number of alkyl halides is 3. The zero-order chi connectivity index (χ0) is 19.3. The highest BCUT2D eigenvalue weighted by molar-refractivity contribution is 5.84. The number of amides is 1. The summed E-state index contributed by atoms with van der Waals surface area (Å²) in [6.07, 6.45) is -4.48. The topological polar surface area (TPSA) is 32.3 Å². The first kappa shape index (κ1) is 18.7. The van der Waals surface area contributed by atoms with Crippen molar-refractivity contribution in [3.05, 3.63) is 47.5 Å². The fraction of sp³-hybridized carbons (Fsp3) is 0.450. The fourth-order valence-electron chi connectivity index (χ4n) is 3.51. The van der Waals surface area contributed by atoms with Gasteiger partial charge in [-0.15, -0.1) is 0 Å². The van der Waals surface area contributed by atoms with E-state index in [0.29, 0.717) is 5.92 Å². The molecule has 1 atom stereocenters. The lowest BCUT2D eigenvalue weighted by molar-refractivity contribution is -0.203. The molecule has 0 aliphatic carbocycles. The van der Waals surface area contributed by atoms with E-state index in [1.54, 1.807) is 26.0 Å². The number of halogens is 3. The number of nitrogens with one attached hydrogen (secondary N) is 1. The Kier molecular flexibility index (Phi) is 4.51. The second-order valence-electron chi connectivity index (χ2n) is 7.86. The van der Waals surface area contributed by atoms with E-state index in [2.05, 4.69) is 19.3 Å². The zero-order valence-corrected chi connectivity index (χ0v) is 15.3. The molecule has 1 heterocycles. The zero-order valence-electron chi connectivity index (χ0n) is 15.3. The summed E-state index contributed by atoms with van der Waals surface area (Å²) in [5, 5.41) is 2.70. The maximum absolute atomic E-state index is 13.9. The number of benzene rings is 2. The first-order valence-electron chi connectivity index (χ1n) is 8.68. The predicted molar refractivity (Wildman–Crippen MR) is 95.5 cm³/mol. The van der Waals surface area contributed by atoms with Crippen molar-refractivity contribution in [2.24, 2.45) is 0 Å². The fourth-order valence-corrected chi connectivity index (χ4v) is 3.51. The Morgan fingerprint density at radius 2 is 1.58 bits per heavy atom. The summed E-state index contributed by atoms with van der Waals surface area (Å²) >= 11 is 0. The minimum absolute atomic E-state index is 0.0326. The van der Waals surface area contributed by atoms with Gasteiger partial charge in [0.25, 0.3) is 0 Å². The number of hydrazine groups is 1. The van der Waals surface area contributed by atoms with Gasteiger partial charge < -0.3 is 0 Å². The van der Waals surface area contributed by atoms with Crippen LogP contribution in [0.15, 0.2) is 36.4 Å². The predicted octanol–water partition coefficient (Wildman–Crippen LogP) is 5.08. The van der Waals surface area contributed by atoms with Crippen molar-refractivity contribution in [1.82, 2.24) is 10.4 Å². The van der Waals surface area contributed by atoms with Gasteiger partial charge in [0.1, 0.15) is 0 Å². The lowest BCUT2D eigenvalue weighted by Gasteiger charge is -2.38. The second-order valence-corrected chi connectivity index (χ2v) is 7.86. The van der Waals surface area contributed by atoms with Gasteiger partial charge in [-0.3, -0.25) is 10.2 Å². The molecule has 1 amide bonds. The van der Waals surface area contributed by atoms with Crippen LogP contribution in [0.5, 0.6) is 0 Å². The Balaban J connectivity index is 2.07. The molecule has 1 aliphatic heterocycles. The summed E-state index contributed by atoms with van der Waals surface area (Å²) < 4.78 is 41.7. The van der Waals surface area contributed by atoms with Crippen LogP contribution in [0.25, 0.3) is 10.8 Å². The highest BCUT2D eigenvalue weighted by Gasteiger charge is 2.52. The van der Waals surface area contributed by atoms with Crippen molar-refractivity contribution in [1.29, 1.82) is 0 Å². The smallest absolute Gasteiger partial charge is 0.287 e. The third-order valence-electron chi connectivity index (χ3n) is 4.93. The van der Waals surface area contributed by atoms with E-state index in [1.807, 2.05) is 18.2 Å². The van der Waals surface area contributed by atoms with Gasteiger partial charge in [0, 0.05) is 12.0 Å². The molecule has 0 spiro atoms. The average Bonchev–Trinajstić information content (AvgIpc) is 2.77.